The van der Waals surface area contributed by atoms with Gasteiger partial charge in [0, 0.05) is 49.9 Å². The number of nitrogens with zero attached hydrogens (tertiary/aromatic N) is 3. The van der Waals surface area contributed by atoms with Gasteiger partial charge in [0.1, 0.15) is 0 Å². The molecule has 8 nitrogen and oxygen atoms in total. The molecular formula is C21H30N4O4. The van der Waals surface area contributed by atoms with E-state index in [1.807, 2.05) is 32.6 Å². The van der Waals surface area contributed by atoms with E-state index in [1.54, 1.807) is 34.7 Å². The van der Waals surface area contributed by atoms with Gasteiger partial charge in [-0.15, -0.1) is 0 Å². The minimum absolute atomic E-state index is 0.00638. The van der Waals surface area contributed by atoms with E-state index in [0.717, 1.165) is 12.8 Å². The maximum Gasteiger partial charge on any atom is 0.420 e. The molecule has 3 amide bonds. The zero-order chi connectivity index (χ0) is 21.3. The summed E-state index contributed by atoms with van der Waals surface area (Å²) >= 11 is 0. The van der Waals surface area contributed by atoms with Crippen molar-refractivity contribution >= 4 is 28.7 Å². The molecule has 0 unspecified atom stereocenters. The summed E-state index contributed by atoms with van der Waals surface area (Å²) in [6.45, 7) is 8.98. The summed E-state index contributed by atoms with van der Waals surface area (Å²) in [6.07, 6.45) is 1.51. The smallest absolute Gasteiger partial charge is 0.408 e. The van der Waals surface area contributed by atoms with E-state index < -0.39 is 5.76 Å². The molecule has 29 heavy (non-hydrogen) atoms. The molecule has 1 N–H and O–H groups in total. The second-order valence-electron chi connectivity index (χ2n) is 8.27. The highest BCUT2D eigenvalue weighted by Crippen LogP contribution is 2.22. The molecule has 1 fully saturated rings. The summed E-state index contributed by atoms with van der Waals surface area (Å²) < 4.78 is 6.90. The molecule has 1 aromatic carbocycles. The summed E-state index contributed by atoms with van der Waals surface area (Å²) in [5.41, 5.74) is 1.73. The standard InChI is InChI=1S/C21H30N4O4/c1-13(2)19(26)24-10-8-16(9-11-24)23(5)20(27)22-15-6-7-17-18(12-15)29-21(28)25(17)14(3)4/h6-7,12-14,16H,8-11H2,1-5H3,(H,22,27). The van der Waals surface area contributed by atoms with Crippen molar-refractivity contribution in [2.24, 2.45) is 5.92 Å². The highest BCUT2D eigenvalue weighted by Gasteiger charge is 2.28. The first-order chi connectivity index (χ1) is 13.7. The van der Waals surface area contributed by atoms with Crippen molar-refractivity contribution in [2.75, 3.05) is 25.5 Å². The van der Waals surface area contributed by atoms with Crippen LogP contribution in [0.5, 0.6) is 0 Å². The number of hydrogen-bond donors (Lipinski definition) is 1. The van der Waals surface area contributed by atoms with E-state index in [2.05, 4.69) is 5.32 Å². The number of carbonyl (C=O) groups excluding carboxylic acids is 2. The number of nitrogens with one attached hydrogen (secondary N) is 1. The van der Waals surface area contributed by atoms with Crippen molar-refractivity contribution in [3.05, 3.63) is 28.7 Å². The number of oxazole rings is 1. The van der Waals surface area contributed by atoms with Gasteiger partial charge in [0.2, 0.25) is 5.91 Å². The van der Waals surface area contributed by atoms with Crippen LogP contribution in [-0.4, -0.2) is 52.5 Å². The van der Waals surface area contributed by atoms with Crippen molar-refractivity contribution in [3.63, 3.8) is 0 Å². The van der Waals surface area contributed by atoms with Crippen LogP contribution in [0.2, 0.25) is 0 Å². The normalized spacial score (nSPS) is 15.3. The highest BCUT2D eigenvalue weighted by molar-refractivity contribution is 5.91. The van der Waals surface area contributed by atoms with Gasteiger partial charge in [-0.1, -0.05) is 13.8 Å². The van der Waals surface area contributed by atoms with Crippen LogP contribution < -0.4 is 11.1 Å². The SMILES string of the molecule is CC(C)C(=O)N1CCC(N(C)C(=O)Nc2ccc3c(c2)oc(=O)n3C(C)C)CC1. The van der Waals surface area contributed by atoms with E-state index in [1.165, 1.54) is 0 Å². The van der Waals surface area contributed by atoms with Crippen LogP contribution in [0.15, 0.2) is 27.4 Å². The average Bonchev–Trinajstić information content (AvgIpc) is 3.01. The Labute approximate surface area is 170 Å². The minimum atomic E-state index is -0.404. The van der Waals surface area contributed by atoms with Crippen LogP contribution >= 0.6 is 0 Å². The fourth-order valence-corrected chi connectivity index (χ4v) is 3.82. The molecule has 0 bridgehead atoms. The lowest BCUT2D eigenvalue weighted by Gasteiger charge is -2.37. The molecular weight excluding hydrogens is 372 g/mol. The van der Waals surface area contributed by atoms with Crippen molar-refractivity contribution in [3.8, 4) is 0 Å². The monoisotopic (exact) mass is 402 g/mol. The van der Waals surface area contributed by atoms with E-state index in [9.17, 15) is 14.4 Å². The predicted octanol–water partition coefficient (Wildman–Crippen LogP) is 3.29. The largest absolute Gasteiger partial charge is 0.420 e. The Morgan fingerprint density at radius 1 is 1.17 bits per heavy atom. The fourth-order valence-electron chi connectivity index (χ4n) is 3.82. The topological polar surface area (TPSA) is 87.8 Å². The van der Waals surface area contributed by atoms with E-state index in [0.29, 0.717) is 29.9 Å². The molecule has 1 saturated heterocycles. The number of likely N-dealkylation sites (tertiary alicyclic amines) is 1. The molecule has 0 saturated carbocycles. The van der Waals surface area contributed by atoms with Gasteiger partial charge in [0.15, 0.2) is 5.58 Å². The predicted molar refractivity (Wildman–Crippen MR) is 112 cm³/mol. The lowest BCUT2D eigenvalue weighted by Crippen LogP contribution is -2.49. The van der Waals surface area contributed by atoms with Gasteiger partial charge in [0.25, 0.3) is 0 Å². The van der Waals surface area contributed by atoms with Crippen LogP contribution in [0.25, 0.3) is 11.1 Å². The van der Waals surface area contributed by atoms with Crippen molar-refractivity contribution in [1.82, 2.24) is 14.4 Å². The molecule has 158 valence electrons. The third-order valence-electron chi connectivity index (χ3n) is 5.52. The second kappa shape index (κ2) is 8.31. The molecule has 1 aliphatic rings. The summed E-state index contributed by atoms with van der Waals surface area (Å²) in [4.78, 5) is 40.4. The molecule has 0 spiro atoms. The van der Waals surface area contributed by atoms with Gasteiger partial charge in [-0.25, -0.2) is 9.59 Å². The number of carbonyl (C=O) groups is 2. The number of piperidine rings is 1. The number of amides is 3. The highest BCUT2D eigenvalue weighted by atomic mass is 16.4. The summed E-state index contributed by atoms with van der Waals surface area (Å²) in [5, 5.41) is 2.88. The summed E-state index contributed by atoms with van der Waals surface area (Å²) in [6, 6.07) is 5.07. The Bertz CT molecular complexity index is 951. The Hall–Kier alpha value is -2.77. The molecule has 2 aromatic rings. The van der Waals surface area contributed by atoms with Crippen molar-refractivity contribution in [2.45, 2.75) is 52.6 Å². The Morgan fingerprint density at radius 3 is 2.41 bits per heavy atom. The molecule has 0 radical (unpaired) electrons. The van der Waals surface area contributed by atoms with Crippen molar-refractivity contribution < 1.29 is 14.0 Å². The van der Waals surface area contributed by atoms with Crippen LogP contribution in [0.3, 0.4) is 0 Å². The fraction of sp³-hybridized carbons (Fsp3) is 0.571. The summed E-state index contributed by atoms with van der Waals surface area (Å²) in [5.74, 6) is -0.245. The third kappa shape index (κ3) is 4.31. The zero-order valence-electron chi connectivity index (χ0n) is 17.8. The molecule has 2 heterocycles. The number of rotatable bonds is 4. The zero-order valence-corrected chi connectivity index (χ0v) is 17.8. The summed E-state index contributed by atoms with van der Waals surface area (Å²) in [7, 11) is 1.77. The van der Waals surface area contributed by atoms with Gasteiger partial charge in [-0.05, 0) is 38.8 Å². The molecule has 8 heteroatoms. The lowest BCUT2D eigenvalue weighted by atomic mass is 10.0. The van der Waals surface area contributed by atoms with Crippen molar-refractivity contribution in [1.29, 1.82) is 0 Å². The molecule has 3 rings (SSSR count). The van der Waals surface area contributed by atoms with Crippen LogP contribution in [-0.2, 0) is 4.79 Å². The Kier molecular flexibility index (Phi) is 6.00. The first-order valence-electron chi connectivity index (χ1n) is 10.2. The van der Waals surface area contributed by atoms with Gasteiger partial charge in [0.05, 0.1) is 5.52 Å². The van der Waals surface area contributed by atoms with Crippen LogP contribution in [0.1, 0.15) is 46.6 Å². The molecule has 0 aliphatic carbocycles. The number of fused-ring (bicyclic) bond motifs is 1. The Balaban J connectivity index is 1.64. The Morgan fingerprint density at radius 2 is 1.83 bits per heavy atom. The van der Waals surface area contributed by atoms with Gasteiger partial charge < -0.3 is 19.5 Å². The molecule has 1 aliphatic heterocycles. The quantitative estimate of drug-likeness (QED) is 0.850. The number of anilines is 1. The van der Waals surface area contributed by atoms with E-state index in [-0.39, 0.29) is 29.9 Å². The second-order valence-corrected chi connectivity index (χ2v) is 8.27. The minimum Gasteiger partial charge on any atom is -0.408 e. The van der Waals surface area contributed by atoms with Crippen LogP contribution in [0, 0.1) is 5.92 Å². The average molecular weight is 402 g/mol. The first-order valence-corrected chi connectivity index (χ1v) is 10.2. The number of benzene rings is 1. The maximum absolute atomic E-state index is 12.7. The number of urea groups is 1. The number of aromatic nitrogens is 1. The molecule has 0 atom stereocenters. The first kappa shape index (κ1) is 21.0. The molecule has 1 aromatic heterocycles. The number of hydrogen-bond acceptors (Lipinski definition) is 4. The van der Waals surface area contributed by atoms with Gasteiger partial charge in [-0.2, -0.15) is 0 Å². The van der Waals surface area contributed by atoms with E-state index in [4.69, 9.17) is 4.42 Å². The van der Waals surface area contributed by atoms with Gasteiger partial charge in [-0.3, -0.25) is 9.36 Å². The maximum atomic E-state index is 12.7. The lowest BCUT2D eigenvalue weighted by molar-refractivity contribution is -0.135. The van der Waals surface area contributed by atoms with Crippen LogP contribution in [0.4, 0.5) is 10.5 Å². The van der Waals surface area contributed by atoms with Gasteiger partial charge >= 0.3 is 11.8 Å². The van der Waals surface area contributed by atoms with E-state index >= 15 is 0 Å². The third-order valence-corrected chi connectivity index (χ3v) is 5.52.